The minimum atomic E-state index is -2.54. The maximum atomic E-state index is 13.2. The zero-order chi connectivity index (χ0) is 20.7. The number of rotatable bonds is 11. The van der Waals surface area contributed by atoms with Crippen molar-refractivity contribution in [2.24, 2.45) is 10.8 Å². The number of nitrogens with zero attached hydrogens (tertiary/aromatic N) is 2. The van der Waals surface area contributed by atoms with Crippen molar-refractivity contribution >= 4 is 0 Å². The van der Waals surface area contributed by atoms with Gasteiger partial charge >= 0.3 is 0 Å². The fourth-order valence-electron chi connectivity index (χ4n) is 3.40. The van der Waals surface area contributed by atoms with Gasteiger partial charge in [-0.2, -0.15) is 0 Å². The van der Waals surface area contributed by atoms with E-state index in [4.69, 9.17) is 14.2 Å². The van der Waals surface area contributed by atoms with Crippen LogP contribution in [0, 0.1) is 10.8 Å². The van der Waals surface area contributed by atoms with E-state index >= 15 is 0 Å². The van der Waals surface area contributed by atoms with Gasteiger partial charge in [-0.05, 0) is 48.5 Å². The highest BCUT2D eigenvalue weighted by Crippen LogP contribution is 2.60. The lowest BCUT2D eigenvalue weighted by Gasteiger charge is -2.42. The molecule has 2 rings (SSSR count). The lowest BCUT2D eigenvalue weighted by molar-refractivity contribution is -0.155. The Morgan fingerprint density at radius 3 is 1.89 bits per heavy atom. The summed E-state index contributed by atoms with van der Waals surface area (Å²) in [5.41, 5.74) is -0.653. The van der Waals surface area contributed by atoms with Gasteiger partial charge in [0.15, 0.2) is 0 Å². The van der Waals surface area contributed by atoms with E-state index in [1.54, 1.807) is 4.90 Å². The van der Waals surface area contributed by atoms with Crippen molar-refractivity contribution in [1.29, 1.82) is 0 Å². The van der Waals surface area contributed by atoms with E-state index in [9.17, 15) is 8.78 Å². The first kappa shape index (κ1) is 24.7. The molecule has 7 heteroatoms. The van der Waals surface area contributed by atoms with Gasteiger partial charge in [-0.1, -0.05) is 6.92 Å². The summed E-state index contributed by atoms with van der Waals surface area (Å²) in [7, 11) is 7.82. The summed E-state index contributed by atoms with van der Waals surface area (Å²) in [5.74, 6) is -2.54. The topological polar surface area (TPSA) is 34.2 Å². The number of alkyl halides is 2. The second-order valence-corrected chi connectivity index (χ2v) is 9.04. The highest BCUT2D eigenvalue weighted by atomic mass is 19.3. The van der Waals surface area contributed by atoms with Gasteiger partial charge in [0, 0.05) is 26.1 Å². The molecule has 0 amide bonds. The van der Waals surface area contributed by atoms with Gasteiger partial charge in [-0.3, -0.25) is 0 Å². The van der Waals surface area contributed by atoms with Crippen molar-refractivity contribution < 1.29 is 23.0 Å². The van der Waals surface area contributed by atoms with Crippen LogP contribution in [0.25, 0.3) is 0 Å². The molecule has 1 unspecified atom stereocenters. The third kappa shape index (κ3) is 7.89. The standard InChI is InChI=1S/C10H19F2NO.C10H21NO2/c1-8(2)14-7-9(6-13(3)4)5-10(9,11)12;1-4-5-12-7-10(6-11(2)3)8-13-9-10/h8H,5-7H2,1-4H3;4-9H2,1-3H3. The average molecular weight is 395 g/mol. The second kappa shape index (κ2) is 10.4. The lowest BCUT2D eigenvalue weighted by atomic mass is 9.86. The summed E-state index contributed by atoms with van der Waals surface area (Å²) in [5, 5.41) is 0. The maximum absolute atomic E-state index is 13.2. The lowest BCUT2D eigenvalue weighted by Crippen LogP contribution is -2.52. The molecule has 0 aromatic rings. The van der Waals surface area contributed by atoms with Crippen LogP contribution in [0.15, 0.2) is 0 Å². The van der Waals surface area contributed by atoms with Crippen molar-refractivity contribution in [2.45, 2.75) is 45.6 Å². The van der Waals surface area contributed by atoms with Crippen molar-refractivity contribution in [3.8, 4) is 0 Å². The summed E-state index contributed by atoms with van der Waals surface area (Å²) in [6, 6.07) is 0. The number of halogens is 2. The molecule has 162 valence electrons. The fourth-order valence-corrected chi connectivity index (χ4v) is 3.40. The molecule has 0 spiro atoms. The Morgan fingerprint density at radius 2 is 1.56 bits per heavy atom. The van der Waals surface area contributed by atoms with Gasteiger partial charge in [-0.15, -0.1) is 0 Å². The summed E-state index contributed by atoms with van der Waals surface area (Å²) in [6.45, 7) is 10.9. The van der Waals surface area contributed by atoms with Gasteiger partial charge in [0.25, 0.3) is 5.92 Å². The van der Waals surface area contributed by atoms with Gasteiger partial charge in [0.1, 0.15) is 0 Å². The van der Waals surface area contributed by atoms with Crippen molar-refractivity contribution in [3.63, 3.8) is 0 Å². The predicted molar refractivity (Wildman–Crippen MR) is 105 cm³/mol. The van der Waals surface area contributed by atoms with E-state index in [0.717, 1.165) is 39.4 Å². The molecule has 0 N–H and O–H groups in total. The summed E-state index contributed by atoms with van der Waals surface area (Å²) in [6.07, 6.45) is 1.08. The van der Waals surface area contributed by atoms with E-state index in [2.05, 4.69) is 25.9 Å². The Balaban J connectivity index is 0.000000271. The molecular formula is C20H40F2N2O3. The summed E-state index contributed by atoms with van der Waals surface area (Å²) in [4.78, 5) is 4.00. The molecule has 0 radical (unpaired) electrons. The molecule has 1 heterocycles. The van der Waals surface area contributed by atoms with Crippen molar-refractivity contribution in [2.75, 3.05) is 74.3 Å². The smallest absolute Gasteiger partial charge is 0.258 e. The quantitative estimate of drug-likeness (QED) is 0.503. The van der Waals surface area contributed by atoms with E-state index in [0.29, 0.717) is 6.54 Å². The molecule has 1 saturated carbocycles. The van der Waals surface area contributed by atoms with Gasteiger partial charge < -0.3 is 24.0 Å². The normalized spacial score (nSPS) is 25.3. The fraction of sp³-hybridized carbons (Fsp3) is 1.00. The van der Waals surface area contributed by atoms with E-state index in [-0.39, 0.29) is 24.5 Å². The zero-order valence-corrected chi connectivity index (χ0v) is 18.3. The van der Waals surface area contributed by atoms with Crippen molar-refractivity contribution in [1.82, 2.24) is 9.80 Å². The molecule has 1 aliphatic carbocycles. The SMILES string of the molecule is CC(C)OCC1(CN(C)C)CC1(F)F.CCCOCC1(CN(C)C)COC1. The minimum absolute atomic E-state index is 0.0189. The molecule has 0 aromatic heterocycles. The van der Waals surface area contributed by atoms with Crippen LogP contribution >= 0.6 is 0 Å². The summed E-state index contributed by atoms with van der Waals surface area (Å²) >= 11 is 0. The molecule has 1 saturated heterocycles. The zero-order valence-electron chi connectivity index (χ0n) is 18.3. The molecular weight excluding hydrogens is 354 g/mol. The molecule has 1 atom stereocenters. The Morgan fingerprint density at radius 1 is 1.00 bits per heavy atom. The van der Waals surface area contributed by atoms with Crippen LogP contribution in [0.3, 0.4) is 0 Å². The number of hydrogen-bond donors (Lipinski definition) is 0. The van der Waals surface area contributed by atoms with Crippen LogP contribution in [-0.4, -0.2) is 96.1 Å². The molecule has 0 bridgehead atoms. The third-order valence-corrected chi connectivity index (χ3v) is 4.75. The Labute approximate surface area is 164 Å². The molecule has 5 nitrogen and oxygen atoms in total. The van der Waals surface area contributed by atoms with Gasteiger partial charge in [-0.25, -0.2) is 8.78 Å². The average Bonchev–Trinajstić information content (AvgIpc) is 3.03. The Hall–Kier alpha value is -0.340. The summed E-state index contributed by atoms with van der Waals surface area (Å²) < 4.78 is 42.5. The van der Waals surface area contributed by atoms with Crippen LogP contribution in [-0.2, 0) is 14.2 Å². The molecule has 1 aliphatic heterocycles. The Kier molecular flexibility index (Phi) is 9.55. The Bertz CT molecular complexity index is 429. The third-order valence-electron chi connectivity index (χ3n) is 4.75. The highest BCUT2D eigenvalue weighted by molar-refractivity contribution is 5.11. The second-order valence-electron chi connectivity index (χ2n) is 9.04. The van der Waals surface area contributed by atoms with Crippen molar-refractivity contribution in [3.05, 3.63) is 0 Å². The number of hydrogen-bond acceptors (Lipinski definition) is 5. The van der Waals surface area contributed by atoms with Crippen LogP contribution in [0.4, 0.5) is 8.78 Å². The number of ether oxygens (including phenoxy) is 3. The molecule has 2 fully saturated rings. The van der Waals surface area contributed by atoms with E-state index < -0.39 is 11.3 Å². The first-order valence-corrected chi connectivity index (χ1v) is 9.92. The molecule has 27 heavy (non-hydrogen) atoms. The first-order valence-electron chi connectivity index (χ1n) is 9.92. The largest absolute Gasteiger partial charge is 0.381 e. The maximum Gasteiger partial charge on any atom is 0.258 e. The van der Waals surface area contributed by atoms with E-state index in [1.165, 1.54) is 0 Å². The predicted octanol–water partition coefficient (Wildman–Crippen LogP) is 2.99. The van der Waals surface area contributed by atoms with Gasteiger partial charge in [0.05, 0.1) is 43.4 Å². The van der Waals surface area contributed by atoms with Gasteiger partial charge in [0.2, 0.25) is 0 Å². The van der Waals surface area contributed by atoms with Crippen LogP contribution in [0.1, 0.15) is 33.6 Å². The first-order chi connectivity index (χ1) is 12.5. The van der Waals surface area contributed by atoms with E-state index in [1.807, 2.05) is 27.9 Å². The van der Waals surface area contributed by atoms with Crippen LogP contribution in [0.5, 0.6) is 0 Å². The minimum Gasteiger partial charge on any atom is -0.381 e. The van der Waals surface area contributed by atoms with Crippen LogP contribution < -0.4 is 0 Å². The van der Waals surface area contributed by atoms with Crippen LogP contribution in [0.2, 0.25) is 0 Å². The molecule has 2 aliphatic rings. The molecule has 0 aromatic carbocycles. The monoisotopic (exact) mass is 394 g/mol. The highest BCUT2D eigenvalue weighted by Gasteiger charge is 2.71.